The summed E-state index contributed by atoms with van der Waals surface area (Å²) in [5.41, 5.74) is 6.61. The van der Waals surface area contributed by atoms with E-state index in [0.717, 1.165) is 11.9 Å². The van der Waals surface area contributed by atoms with Crippen molar-refractivity contribution in [3.63, 3.8) is 0 Å². The van der Waals surface area contributed by atoms with Gasteiger partial charge in [-0.1, -0.05) is 15.9 Å². The van der Waals surface area contributed by atoms with E-state index < -0.39 is 10.8 Å². The van der Waals surface area contributed by atoms with Crippen molar-refractivity contribution in [2.75, 3.05) is 92.5 Å². The number of amides is 2. The summed E-state index contributed by atoms with van der Waals surface area (Å²) in [6.45, 7) is 4.91. The lowest BCUT2D eigenvalue weighted by Gasteiger charge is -2.52. The second kappa shape index (κ2) is 12.3. The number of nitrogens with one attached hydrogen (secondary N) is 3. The number of aromatic amines is 1. The summed E-state index contributed by atoms with van der Waals surface area (Å²) in [5, 5.41) is 93.2. The third kappa shape index (κ3) is 3.23. The zero-order chi connectivity index (χ0) is 61.8. The number of rotatable bonds is 19. The predicted octanol–water partition coefficient (Wildman–Crippen LogP) is 17.5. The predicted molar refractivity (Wildman–Crippen MR) is 399 cm³/mol. The lowest BCUT2D eigenvalue weighted by molar-refractivity contribution is -0.118. The highest BCUT2D eigenvalue weighted by atomic mass is 79.9. The van der Waals surface area contributed by atoms with E-state index in [0.29, 0.717) is 87.7 Å². The summed E-state index contributed by atoms with van der Waals surface area (Å²) in [6.07, 6.45) is 0. The van der Waals surface area contributed by atoms with Crippen LogP contribution in [0.15, 0.2) is 12.1 Å². The van der Waals surface area contributed by atoms with Gasteiger partial charge in [-0.05, 0) is 325 Å². The molecule has 98 heavy (non-hydrogen) atoms. The van der Waals surface area contributed by atoms with Gasteiger partial charge in [0, 0.05) is 37.6 Å². The van der Waals surface area contributed by atoms with Crippen molar-refractivity contribution in [1.29, 1.82) is 0 Å². The van der Waals surface area contributed by atoms with E-state index in [1.54, 1.807) is 341 Å². The highest BCUT2D eigenvalue weighted by Gasteiger charge is 2.76. The van der Waals surface area contributed by atoms with Crippen LogP contribution in [0.25, 0.3) is 302 Å². The molecule has 1 atom stereocenters. The maximum Gasteiger partial charge on any atom is 0.267 e. The maximum absolute atomic E-state index is 13.6. The Labute approximate surface area is 551 Å². The minimum Gasteiger partial charge on any atom is -0.493 e. The van der Waals surface area contributed by atoms with Gasteiger partial charge < -0.3 is 44.0 Å². The van der Waals surface area contributed by atoms with Crippen molar-refractivity contribution in [3.8, 4) is 17.2 Å². The van der Waals surface area contributed by atoms with Crippen LogP contribution < -0.4 is 24.8 Å². The summed E-state index contributed by atoms with van der Waals surface area (Å²) >= 11 is 3.43. The Morgan fingerprint density at radius 3 is 1.11 bits per heavy atom. The van der Waals surface area contributed by atoms with Gasteiger partial charge in [0.1, 0.15) is 5.69 Å². The van der Waals surface area contributed by atoms with Crippen LogP contribution >= 0.6 is 15.9 Å². The molecule has 2 amide bonds. The topological polar surface area (TPSA) is 133 Å². The average molecular weight is 1320 g/mol. The molecule has 30 aromatic rings. The van der Waals surface area contributed by atoms with Gasteiger partial charge in [-0.15, -0.1) is 0 Å². The van der Waals surface area contributed by atoms with Gasteiger partial charge in [-0.25, -0.2) is 0 Å². The number of fused-ring (bicyclic) bond motifs is 1. The van der Waals surface area contributed by atoms with Crippen LogP contribution in [0, 0.1) is 0 Å². The number of nitrogens with zero attached hydrogens (tertiary/aromatic N) is 1. The van der Waals surface area contributed by atoms with Crippen molar-refractivity contribution in [3.05, 3.63) is 40.1 Å². The Morgan fingerprint density at radius 2 is 0.755 bits per heavy atom. The molecule has 13 heteroatoms. The van der Waals surface area contributed by atoms with E-state index in [9.17, 15) is 9.59 Å². The Kier molecular flexibility index (Phi) is 5.72. The average Bonchev–Trinajstić information content (AvgIpc) is 1.38. The SMILES string of the molecule is COc1cc2cc(C(=O)NCCOCCOCCN3CC45c6c7c8c9c%10c%11c(c%12c%13c4c4c6c6c%14c7c7c8c8c%10c%10c%15c%11c%11c%12c%12c%13c%13c4c4c6c6c%14c%14c7c7c8c%10c8c%10c%15c%11c%11c%12c%12c%13c4c4c6c6c%14c7c8c7c%10c%11c%12c4c67)C95C3COCCNC(=O)CBr)[nH]c2c(OC)c1OC. The molecule has 35 rings (SSSR count). The number of methoxy groups -OCH3 is 3. The number of H-pyrrole nitrogens is 1. The molecule has 1 unspecified atom stereocenters. The second-order valence-electron chi connectivity index (χ2n) is 31.8. The number of hydrogen-bond donors (Lipinski definition) is 3. The van der Waals surface area contributed by atoms with Crippen LogP contribution in [0.3, 0.4) is 0 Å². The molecule has 0 bridgehead atoms. The molecule has 1 aliphatic heterocycles. The molecule has 1 fully saturated rings. The third-order valence-electron chi connectivity index (χ3n) is 30.0. The Balaban J connectivity index is 0.645. The van der Waals surface area contributed by atoms with E-state index in [2.05, 4.69) is 36.4 Å². The van der Waals surface area contributed by atoms with Gasteiger partial charge >= 0.3 is 0 Å². The quantitative estimate of drug-likeness (QED) is 0.0411. The first kappa shape index (κ1) is 45.4. The molecule has 5 aliphatic rings. The fourth-order valence-electron chi connectivity index (χ4n) is 28.7. The minimum atomic E-state index is -0.538. The van der Waals surface area contributed by atoms with Crippen LogP contribution in [-0.4, -0.2) is 120 Å². The number of likely N-dealkylation sites (tertiary alicyclic amines) is 1. The number of ether oxygens (including phenoxy) is 6. The lowest BCUT2D eigenvalue weighted by Crippen LogP contribution is -2.56. The number of aromatic nitrogens is 1. The number of halogens is 1. The first-order valence-electron chi connectivity index (χ1n) is 35.2. The zero-order valence-corrected chi connectivity index (χ0v) is 53.7. The van der Waals surface area contributed by atoms with E-state index in [1.165, 1.54) is 0 Å². The molecule has 0 saturated carbocycles. The summed E-state index contributed by atoms with van der Waals surface area (Å²) in [6, 6.07) is 3.55. The Bertz CT molecular complexity index is 8380. The van der Waals surface area contributed by atoms with Crippen molar-refractivity contribution < 1.29 is 38.0 Å². The summed E-state index contributed by atoms with van der Waals surface area (Å²) in [4.78, 5) is 32.7. The molecule has 0 radical (unpaired) electrons. The number of carbonyl (C=O) groups excluding carboxylic acids is 2. The van der Waals surface area contributed by atoms with Gasteiger partial charge in [-0.2, -0.15) is 0 Å². The molecule has 3 N–H and O–H groups in total. The lowest BCUT2D eigenvalue weighted by atomic mass is 9.48. The highest BCUT2D eigenvalue weighted by Crippen LogP contribution is 2.86. The van der Waals surface area contributed by atoms with Crippen LogP contribution in [0.4, 0.5) is 0 Å². The number of carbonyl (C=O) groups is 2. The second-order valence-corrected chi connectivity index (χ2v) is 32.3. The standard InChI is InChI=1S/C85H37BrN4O8/c1-93-19-13-17-12-18(89-80(17)82(95-3)81(19)94-2)83(92)88-5-7-96-10-11-97-9-6-90-16-84-76-68-60-50-40-32-24-22-23-26-30-28(24)36-44-38(30)48-42-34(26)35-27(23)31-29-25(22)33(32)41-47-37(29)45-39(31)49-43(35)53-52(42)64-58(48)66-56(44)62(54(60)46(36)40)70(76)72(66)78-74(64)75-65(53)59(49)67-57(45)63-55(47)61(51(41)50)69(68)77(84)71(63)73(67)79(75)85(78,84)20(90)15-98-8-4-87-21(91)14-86/h12-13,20,89H,4-11,14-16H2,1-3H3,(H,87,91)(H,88,92). The number of benzene rings is 19. The van der Waals surface area contributed by atoms with E-state index in [-0.39, 0.29) is 23.2 Å². The van der Waals surface area contributed by atoms with E-state index >= 15 is 0 Å². The van der Waals surface area contributed by atoms with Crippen molar-refractivity contribution in [2.24, 2.45) is 0 Å². The van der Waals surface area contributed by atoms with Gasteiger partial charge in [0.25, 0.3) is 5.91 Å². The number of alkyl halides is 1. The van der Waals surface area contributed by atoms with Gasteiger partial charge in [-0.3, -0.25) is 14.5 Å². The molecule has 1 aromatic heterocycles. The molecular formula is C85H37BrN4O8. The maximum atomic E-state index is 13.6. The van der Waals surface area contributed by atoms with Crippen molar-refractivity contribution >= 4 is 330 Å². The van der Waals surface area contributed by atoms with Crippen LogP contribution in [0.2, 0.25) is 0 Å². The largest absolute Gasteiger partial charge is 0.493 e. The summed E-state index contributed by atoms with van der Waals surface area (Å²) < 4.78 is 37.4. The zero-order valence-electron chi connectivity index (χ0n) is 52.1. The van der Waals surface area contributed by atoms with Crippen LogP contribution in [-0.2, 0) is 29.8 Å². The summed E-state index contributed by atoms with van der Waals surface area (Å²) in [5.74, 6) is 1.19. The number of hydrogen-bond acceptors (Lipinski definition) is 9. The molecule has 452 valence electrons. The smallest absolute Gasteiger partial charge is 0.267 e. The van der Waals surface area contributed by atoms with Crippen molar-refractivity contribution in [1.82, 2.24) is 20.5 Å². The molecule has 2 heterocycles. The first-order chi connectivity index (χ1) is 48.5. The first-order valence-corrected chi connectivity index (χ1v) is 36.3. The Morgan fingerprint density at radius 1 is 0.418 bits per heavy atom. The normalized spacial score (nSPS) is 20.3. The van der Waals surface area contributed by atoms with Crippen LogP contribution in [0.1, 0.15) is 32.7 Å². The molecule has 29 aromatic carbocycles. The fraction of sp³-hybridized carbons (Fsp3) is 0.200. The van der Waals surface area contributed by atoms with E-state index in [4.69, 9.17) is 28.4 Å². The molecule has 4 aliphatic carbocycles. The molecule has 1 saturated heterocycles. The molecule has 12 nitrogen and oxygen atoms in total. The minimum absolute atomic E-state index is 0.0282. The fourth-order valence-corrected chi connectivity index (χ4v) is 28.9. The molecule has 2 spiro atoms. The monoisotopic (exact) mass is 1320 g/mol. The third-order valence-corrected chi connectivity index (χ3v) is 30.5. The Hall–Kier alpha value is -10.1. The van der Waals surface area contributed by atoms with Gasteiger partial charge in [0.05, 0.1) is 82.6 Å². The van der Waals surface area contributed by atoms with E-state index in [1.807, 2.05) is 6.07 Å². The van der Waals surface area contributed by atoms with Crippen LogP contribution in [0.5, 0.6) is 17.2 Å². The summed E-state index contributed by atoms with van der Waals surface area (Å²) in [7, 11) is 4.73. The highest BCUT2D eigenvalue weighted by molar-refractivity contribution is 9.09. The molecular weight excluding hydrogens is 1280 g/mol. The van der Waals surface area contributed by atoms with Crippen molar-refractivity contribution in [2.45, 2.75) is 16.9 Å². The van der Waals surface area contributed by atoms with Gasteiger partial charge in [0.2, 0.25) is 11.7 Å². The van der Waals surface area contributed by atoms with Gasteiger partial charge in [0.15, 0.2) is 11.5 Å².